The van der Waals surface area contributed by atoms with Gasteiger partial charge >= 0.3 is 0 Å². The van der Waals surface area contributed by atoms with Gasteiger partial charge in [-0.2, -0.15) is 0 Å². The van der Waals surface area contributed by atoms with Crippen LogP contribution in [0.2, 0.25) is 0 Å². The number of fused-ring (bicyclic) bond motifs is 1. The van der Waals surface area contributed by atoms with Crippen LogP contribution in [0, 0.1) is 5.41 Å². The second-order valence-corrected chi connectivity index (χ2v) is 5.40. The largest absolute Gasteiger partial charge is 0.313 e. The lowest BCUT2D eigenvalue weighted by molar-refractivity contribution is 0.694. The predicted octanol–water partition coefficient (Wildman–Crippen LogP) is 3.27. The molecule has 3 aromatic rings. The summed E-state index contributed by atoms with van der Waals surface area (Å²) in [5.74, 6) is 0. The quantitative estimate of drug-likeness (QED) is 0.753. The molecule has 0 radical (unpaired) electrons. The van der Waals surface area contributed by atoms with Crippen molar-refractivity contribution in [1.82, 2.24) is 9.13 Å². The fourth-order valence-corrected chi connectivity index (χ4v) is 2.75. The molecule has 0 unspecified atom stereocenters. The minimum Gasteiger partial charge on any atom is -0.313 e. The van der Waals surface area contributed by atoms with E-state index in [0.717, 1.165) is 15.5 Å². The first-order chi connectivity index (χ1) is 9.18. The molecule has 1 aromatic heterocycles. The number of para-hydroxylation sites is 2. The van der Waals surface area contributed by atoms with Gasteiger partial charge in [0.1, 0.15) is 0 Å². The number of imidazole rings is 1. The van der Waals surface area contributed by atoms with Crippen molar-refractivity contribution in [2.45, 2.75) is 6.54 Å². The number of benzene rings is 2. The van der Waals surface area contributed by atoms with Gasteiger partial charge in [0.25, 0.3) is 0 Å². The fraction of sp³-hybridized carbons (Fsp3) is 0.133. The lowest BCUT2D eigenvalue weighted by atomic mass is 10.2. The number of aryl methyl sites for hydroxylation is 1. The van der Waals surface area contributed by atoms with Crippen LogP contribution in [-0.4, -0.2) is 9.13 Å². The topological polar surface area (TPSA) is 33.7 Å². The van der Waals surface area contributed by atoms with Crippen LogP contribution in [0.3, 0.4) is 0 Å². The molecule has 0 bridgehead atoms. The van der Waals surface area contributed by atoms with Crippen molar-refractivity contribution >= 4 is 27.0 Å². The summed E-state index contributed by atoms with van der Waals surface area (Å²) >= 11 is 3.57. The Kier molecular flexibility index (Phi) is 3.03. The Morgan fingerprint density at radius 1 is 1.00 bits per heavy atom. The Bertz CT molecular complexity index is 799. The Morgan fingerprint density at radius 2 is 1.63 bits per heavy atom. The molecule has 1 N–H and O–H groups in total. The number of halogens is 1. The summed E-state index contributed by atoms with van der Waals surface area (Å²) in [4.78, 5) is 0. The van der Waals surface area contributed by atoms with Crippen LogP contribution in [-0.2, 0) is 13.6 Å². The third-order valence-corrected chi connectivity index (χ3v) is 4.17. The van der Waals surface area contributed by atoms with Gasteiger partial charge in [0.05, 0.1) is 17.6 Å². The van der Waals surface area contributed by atoms with E-state index in [1.165, 1.54) is 5.56 Å². The molecule has 0 aliphatic rings. The van der Waals surface area contributed by atoms with Gasteiger partial charge in [-0.3, -0.25) is 5.41 Å². The maximum Gasteiger partial charge on any atom is 0.203 e. The standard InChI is InChI=1S/C15H14BrN3/c1-18-13-8-4-5-9-14(13)19(15(18)17)10-11-6-2-3-7-12(11)16/h2-9,17H,10H2,1H3. The average molecular weight is 316 g/mol. The molecular weight excluding hydrogens is 302 g/mol. The molecule has 19 heavy (non-hydrogen) atoms. The van der Waals surface area contributed by atoms with Crippen LogP contribution in [0.25, 0.3) is 11.0 Å². The van der Waals surface area contributed by atoms with Crippen molar-refractivity contribution in [2.24, 2.45) is 7.05 Å². The van der Waals surface area contributed by atoms with Crippen molar-refractivity contribution in [1.29, 1.82) is 5.41 Å². The molecule has 0 aliphatic carbocycles. The lowest BCUT2D eigenvalue weighted by Crippen LogP contribution is -2.23. The normalized spacial score (nSPS) is 11.1. The Hall–Kier alpha value is -1.81. The highest BCUT2D eigenvalue weighted by Gasteiger charge is 2.09. The van der Waals surface area contributed by atoms with Crippen LogP contribution in [0.1, 0.15) is 5.56 Å². The van der Waals surface area contributed by atoms with Crippen LogP contribution in [0.5, 0.6) is 0 Å². The third kappa shape index (κ3) is 2.02. The molecule has 0 atom stereocenters. The number of aromatic nitrogens is 2. The van der Waals surface area contributed by atoms with Crippen molar-refractivity contribution in [3.05, 3.63) is 64.2 Å². The first-order valence-corrected chi connectivity index (χ1v) is 6.90. The van der Waals surface area contributed by atoms with Gasteiger partial charge in [-0.25, -0.2) is 0 Å². The second kappa shape index (κ2) is 4.70. The number of hydrogen-bond donors (Lipinski definition) is 1. The zero-order valence-corrected chi connectivity index (χ0v) is 12.2. The number of hydrogen-bond acceptors (Lipinski definition) is 1. The molecule has 3 rings (SSSR count). The summed E-state index contributed by atoms with van der Waals surface area (Å²) in [6, 6.07) is 16.3. The Balaban J connectivity index is 2.19. The first-order valence-electron chi connectivity index (χ1n) is 6.11. The van der Waals surface area contributed by atoms with E-state index in [1.54, 1.807) is 0 Å². The van der Waals surface area contributed by atoms with E-state index in [9.17, 15) is 0 Å². The van der Waals surface area contributed by atoms with Crippen LogP contribution >= 0.6 is 15.9 Å². The van der Waals surface area contributed by atoms with Crippen LogP contribution < -0.4 is 5.62 Å². The summed E-state index contributed by atoms with van der Waals surface area (Å²) in [5.41, 5.74) is 3.86. The van der Waals surface area contributed by atoms with Gasteiger partial charge in [-0.05, 0) is 23.8 Å². The van der Waals surface area contributed by atoms with Crippen LogP contribution in [0.15, 0.2) is 53.0 Å². The van der Waals surface area contributed by atoms with Gasteiger partial charge in [0, 0.05) is 11.5 Å². The summed E-state index contributed by atoms with van der Waals surface area (Å²) in [6.07, 6.45) is 0. The molecule has 0 fully saturated rings. The molecule has 0 amide bonds. The highest BCUT2D eigenvalue weighted by Crippen LogP contribution is 2.19. The van der Waals surface area contributed by atoms with E-state index in [4.69, 9.17) is 5.41 Å². The summed E-state index contributed by atoms with van der Waals surface area (Å²) in [7, 11) is 1.93. The van der Waals surface area contributed by atoms with Crippen molar-refractivity contribution in [2.75, 3.05) is 0 Å². The molecule has 0 saturated carbocycles. The molecule has 0 aliphatic heterocycles. The summed E-state index contributed by atoms with van der Waals surface area (Å²) in [6.45, 7) is 0.696. The predicted molar refractivity (Wildman–Crippen MR) is 80.0 cm³/mol. The minimum atomic E-state index is 0.511. The van der Waals surface area contributed by atoms with E-state index >= 15 is 0 Å². The van der Waals surface area contributed by atoms with E-state index in [2.05, 4.69) is 28.1 Å². The fourth-order valence-electron chi connectivity index (χ4n) is 2.34. The molecule has 0 saturated heterocycles. The number of nitrogens with one attached hydrogen (secondary N) is 1. The van der Waals surface area contributed by atoms with Gasteiger partial charge in [0.2, 0.25) is 5.62 Å². The Labute approximate surface area is 119 Å². The molecule has 0 spiro atoms. The smallest absolute Gasteiger partial charge is 0.203 e. The maximum atomic E-state index is 8.25. The molecule has 2 aromatic carbocycles. The SMILES string of the molecule is Cn1c(=N)n(Cc2ccccc2Br)c2ccccc21. The van der Waals surface area contributed by atoms with Crippen molar-refractivity contribution in [3.63, 3.8) is 0 Å². The number of nitrogens with zero attached hydrogens (tertiary/aromatic N) is 2. The van der Waals surface area contributed by atoms with Gasteiger partial charge in [-0.1, -0.05) is 46.3 Å². The molecular formula is C15H14BrN3. The van der Waals surface area contributed by atoms with E-state index < -0.39 is 0 Å². The summed E-state index contributed by atoms with van der Waals surface area (Å²) < 4.78 is 5.01. The first kappa shape index (κ1) is 12.2. The van der Waals surface area contributed by atoms with Crippen LogP contribution in [0.4, 0.5) is 0 Å². The van der Waals surface area contributed by atoms with Gasteiger partial charge in [0.15, 0.2) is 0 Å². The van der Waals surface area contributed by atoms with Crippen molar-refractivity contribution in [3.8, 4) is 0 Å². The van der Waals surface area contributed by atoms with E-state index in [0.29, 0.717) is 12.2 Å². The molecule has 96 valence electrons. The average Bonchev–Trinajstić information content (AvgIpc) is 2.67. The Morgan fingerprint density at radius 3 is 2.37 bits per heavy atom. The zero-order chi connectivity index (χ0) is 13.4. The second-order valence-electron chi connectivity index (χ2n) is 4.55. The number of rotatable bonds is 2. The molecule has 1 heterocycles. The minimum absolute atomic E-state index is 0.511. The van der Waals surface area contributed by atoms with Gasteiger partial charge in [-0.15, -0.1) is 0 Å². The summed E-state index contributed by atoms with van der Waals surface area (Å²) in [5, 5.41) is 8.25. The highest BCUT2D eigenvalue weighted by molar-refractivity contribution is 9.10. The molecule has 4 heteroatoms. The zero-order valence-electron chi connectivity index (χ0n) is 10.6. The van der Waals surface area contributed by atoms with E-state index in [1.807, 2.05) is 52.6 Å². The monoisotopic (exact) mass is 315 g/mol. The maximum absolute atomic E-state index is 8.25. The van der Waals surface area contributed by atoms with Crippen molar-refractivity contribution < 1.29 is 0 Å². The molecule has 3 nitrogen and oxygen atoms in total. The van der Waals surface area contributed by atoms with Gasteiger partial charge < -0.3 is 9.13 Å². The third-order valence-electron chi connectivity index (χ3n) is 3.39. The lowest BCUT2D eigenvalue weighted by Gasteiger charge is -2.06. The van der Waals surface area contributed by atoms with E-state index in [-0.39, 0.29) is 0 Å². The highest BCUT2D eigenvalue weighted by atomic mass is 79.9.